The standard InChI is InChI=1S/C24H27N3O3S/c1-16-17(2)31-24(26-23(28)19-4-6-20(29-3)7-5-19)21(16)22(18-8-10-25-11-9-18)27-12-14-30-15-13-27/h4-11,22H,12-15H2,1-3H3,(H,26,28)/t22-/m0/s1. The zero-order valence-electron chi connectivity index (χ0n) is 18.1. The highest BCUT2D eigenvalue weighted by molar-refractivity contribution is 7.16. The van der Waals surface area contributed by atoms with Gasteiger partial charge in [-0.3, -0.25) is 14.7 Å². The Balaban J connectivity index is 1.71. The zero-order chi connectivity index (χ0) is 21.8. The third-order valence-electron chi connectivity index (χ3n) is 5.72. The molecular weight excluding hydrogens is 410 g/mol. The summed E-state index contributed by atoms with van der Waals surface area (Å²) in [6.45, 7) is 7.34. The number of rotatable bonds is 6. The third kappa shape index (κ3) is 4.63. The fraction of sp³-hybridized carbons (Fsp3) is 0.333. The molecule has 0 spiro atoms. The number of carbonyl (C=O) groups is 1. The Bertz CT molecular complexity index is 1030. The molecule has 6 nitrogen and oxygen atoms in total. The maximum absolute atomic E-state index is 13.0. The van der Waals surface area contributed by atoms with Gasteiger partial charge < -0.3 is 14.8 Å². The molecular formula is C24H27N3O3S. The van der Waals surface area contributed by atoms with Crippen LogP contribution in [0.4, 0.5) is 5.00 Å². The molecule has 0 unspecified atom stereocenters. The molecule has 1 aliphatic heterocycles. The van der Waals surface area contributed by atoms with Crippen molar-refractivity contribution in [1.82, 2.24) is 9.88 Å². The summed E-state index contributed by atoms with van der Waals surface area (Å²) in [6, 6.07) is 11.3. The number of morpholine rings is 1. The van der Waals surface area contributed by atoms with E-state index in [4.69, 9.17) is 9.47 Å². The minimum atomic E-state index is -0.124. The van der Waals surface area contributed by atoms with Crippen molar-refractivity contribution in [2.24, 2.45) is 0 Å². The summed E-state index contributed by atoms with van der Waals surface area (Å²) < 4.78 is 10.8. The number of pyridine rings is 1. The number of aromatic nitrogens is 1. The molecule has 7 heteroatoms. The van der Waals surface area contributed by atoms with Crippen LogP contribution < -0.4 is 10.1 Å². The number of amides is 1. The van der Waals surface area contributed by atoms with E-state index in [0.29, 0.717) is 18.8 Å². The maximum atomic E-state index is 13.0. The summed E-state index contributed by atoms with van der Waals surface area (Å²) in [4.78, 5) is 20.9. The van der Waals surface area contributed by atoms with Gasteiger partial charge in [0.1, 0.15) is 10.8 Å². The zero-order valence-corrected chi connectivity index (χ0v) is 18.9. The molecule has 3 heterocycles. The normalized spacial score (nSPS) is 15.5. The third-order valence-corrected chi connectivity index (χ3v) is 6.86. The molecule has 1 amide bonds. The van der Waals surface area contributed by atoms with Crippen LogP contribution in [0.1, 0.15) is 38.0 Å². The number of benzene rings is 1. The lowest BCUT2D eigenvalue weighted by Crippen LogP contribution is -2.40. The van der Waals surface area contributed by atoms with Crippen molar-refractivity contribution in [1.29, 1.82) is 0 Å². The number of carbonyl (C=O) groups excluding carboxylic acids is 1. The molecule has 1 N–H and O–H groups in total. The quantitative estimate of drug-likeness (QED) is 0.618. The van der Waals surface area contributed by atoms with E-state index in [1.54, 1.807) is 42.7 Å². The van der Waals surface area contributed by atoms with Gasteiger partial charge in [-0.15, -0.1) is 11.3 Å². The van der Waals surface area contributed by atoms with Gasteiger partial charge in [-0.2, -0.15) is 0 Å². The van der Waals surface area contributed by atoms with Crippen LogP contribution in [-0.2, 0) is 4.74 Å². The minimum Gasteiger partial charge on any atom is -0.497 e. The minimum absolute atomic E-state index is 0.0306. The first-order valence-corrected chi connectivity index (χ1v) is 11.2. The number of ether oxygens (including phenoxy) is 2. The molecule has 0 bridgehead atoms. The topological polar surface area (TPSA) is 63.7 Å². The second-order valence-corrected chi connectivity index (χ2v) is 8.76. The van der Waals surface area contributed by atoms with Gasteiger partial charge in [-0.05, 0) is 61.4 Å². The van der Waals surface area contributed by atoms with Crippen molar-refractivity contribution in [3.05, 3.63) is 75.9 Å². The number of thiophene rings is 1. The molecule has 1 saturated heterocycles. The van der Waals surface area contributed by atoms with Crippen molar-refractivity contribution >= 4 is 22.2 Å². The Kier molecular flexibility index (Phi) is 6.65. The number of nitrogens with one attached hydrogen (secondary N) is 1. The highest BCUT2D eigenvalue weighted by atomic mass is 32.1. The first kappa shape index (κ1) is 21.5. The summed E-state index contributed by atoms with van der Waals surface area (Å²) in [5, 5.41) is 4.07. The van der Waals surface area contributed by atoms with Gasteiger partial charge in [-0.1, -0.05) is 0 Å². The van der Waals surface area contributed by atoms with E-state index in [-0.39, 0.29) is 11.9 Å². The molecule has 31 heavy (non-hydrogen) atoms. The lowest BCUT2D eigenvalue weighted by Gasteiger charge is -2.35. The van der Waals surface area contributed by atoms with E-state index in [1.165, 1.54) is 10.4 Å². The lowest BCUT2D eigenvalue weighted by molar-refractivity contribution is 0.0240. The number of nitrogens with zero attached hydrogens (tertiary/aromatic N) is 2. The predicted octanol–water partition coefficient (Wildman–Crippen LogP) is 4.44. The number of aryl methyl sites for hydroxylation is 1. The Morgan fingerprint density at radius 3 is 2.45 bits per heavy atom. The van der Waals surface area contributed by atoms with Crippen LogP contribution in [0.15, 0.2) is 48.8 Å². The Morgan fingerprint density at radius 2 is 1.81 bits per heavy atom. The van der Waals surface area contributed by atoms with E-state index >= 15 is 0 Å². The van der Waals surface area contributed by atoms with Gasteiger partial charge in [0, 0.05) is 41.5 Å². The molecule has 162 valence electrons. The fourth-order valence-electron chi connectivity index (χ4n) is 3.93. The molecule has 0 saturated carbocycles. The number of anilines is 1. The second-order valence-electron chi connectivity index (χ2n) is 7.54. The van der Waals surface area contributed by atoms with Crippen LogP contribution in [0.2, 0.25) is 0 Å². The van der Waals surface area contributed by atoms with E-state index in [0.717, 1.165) is 35.0 Å². The molecule has 1 fully saturated rings. The summed E-state index contributed by atoms with van der Waals surface area (Å²) in [6.07, 6.45) is 3.65. The Hall–Kier alpha value is -2.74. The van der Waals surface area contributed by atoms with Gasteiger partial charge in [0.05, 0.1) is 26.4 Å². The monoisotopic (exact) mass is 437 g/mol. The Labute approximate surface area is 186 Å². The van der Waals surface area contributed by atoms with Crippen LogP contribution in [-0.4, -0.2) is 49.2 Å². The highest BCUT2D eigenvalue weighted by Crippen LogP contribution is 2.42. The van der Waals surface area contributed by atoms with Crippen LogP contribution in [0, 0.1) is 13.8 Å². The molecule has 1 atom stereocenters. The molecule has 1 aliphatic rings. The van der Waals surface area contributed by atoms with Crippen molar-refractivity contribution < 1.29 is 14.3 Å². The molecule has 4 rings (SSSR count). The van der Waals surface area contributed by atoms with Gasteiger partial charge >= 0.3 is 0 Å². The number of methoxy groups -OCH3 is 1. The molecule has 1 aromatic carbocycles. The van der Waals surface area contributed by atoms with E-state index in [2.05, 4.69) is 41.2 Å². The van der Waals surface area contributed by atoms with E-state index < -0.39 is 0 Å². The molecule has 3 aromatic rings. The van der Waals surface area contributed by atoms with Crippen LogP contribution in [0.5, 0.6) is 5.75 Å². The van der Waals surface area contributed by atoms with E-state index in [1.807, 2.05) is 12.4 Å². The average Bonchev–Trinajstić information content (AvgIpc) is 3.08. The van der Waals surface area contributed by atoms with Crippen molar-refractivity contribution in [2.45, 2.75) is 19.9 Å². The number of hydrogen-bond donors (Lipinski definition) is 1. The van der Waals surface area contributed by atoms with Gasteiger partial charge in [0.2, 0.25) is 0 Å². The maximum Gasteiger partial charge on any atom is 0.256 e. The largest absolute Gasteiger partial charge is 0.497 e. The Morgan fingerprint density at radius 1 is 1.13 bits per heavy atom. The summed E-state index contributed by atoms with van der Waals surface area (Å²) in [7, 11) is 1.61. The molecule has 0 radical (unpaired) electrons. The van der Waals surface area contributed by atoms with E-state index in [9.17, 15) is 4.79 Å². The van der Waals surface area contributed by atoms with Gasteiger partial charge in [-0.25, -0.2) is 0 Å². The second kappa shape index (κ2) is 9.60. The van der Waals surface area contributed by atoms with Crippen LogP contribution in [0.25, 0.3) is 0 Å². The molecule has 2 aromatic heterocycles. The van der Waals surface area contributed by atoms with Crippen molar-refractivity contribution in [2.75, 3.05) is 38.7 Å². The lowest BCUT2D eigenvalue weighted by atomic mass is 9.95. The van der Waals surface area contributed by atoms with Crippen molar-refractivity contribution in [3.63, 3.8) is 0 Å². The summed E-state index contributed by atoms with van der Waals surface area (Å²) in [5.74, 6) is 0.603. The van der Waals surface area contributed by atoms with Gasteiger partial charge in [0.15, 0.2) is 0 Å². The fourth-order valence-corrected chi connectivity index (χ4v) is 5.01. The highest BCUT2D eigenvalue weighted by Gasteiger charge is 2.30. The van der Waals surface area contributed by atoms with Crippen molar-refractivity contribution in [3.8, 4) is 5.75 Å². The molecule has 0 aliphatic carbocycles. The van der Waals surface area contributed by atoms with Crippen LogP contribution >= 0.6 is 11.3 Å². The SMILES string of the molecule is COc1ccc(C(=O)Nc2sc(C)c(C)c2[C@H](c2ccncc2)N2CCOCC2)cc1. The first-order chi connectivity index (χ1) is 15.1. The first-order valence-electron chi connectivity index (χ1n) is 10.4. The number of hydrogen-bond acceptors (Lipinski definition) is 6. The average molecular weight is 438 g/mol. The van der Waals surface area contributed by atoms with Crippen LogP contribution in [0.3, 0.4) is 0 Å². The van der Waals surface area contributed by atoms with Gasteiger partial charge in [0.25, 0.3) is 5.91 Å². The summed E-state index contributed by atoms with van der Waals surface area (Å²) in [5.41, 5.74) is 4.13. The smallest absolute Gasteiger partial charge is 0.256 e. The summed E-state index contributed by atoms with van der Waals surface area (Å²) >= 11 is 1.63. The predicted molar refractivity (Wildman–Crippen MR) is 123 cm³/mol.